The summed E-state index contributed by atoms with van der Waals surface area (Å²) in [5.74, 6) is 2.18. The van der Waals surface area contributed by atoms with Gasteiger partial charge in [0.2, 0.25) is 5.95 Å². The summed E-state index contributed by atoms with van der Waals surface area (Å²) in [4.78, 5) is 9.14. The fraction of sp³-hybridized carbons (Fsp3) is 0.583. The molecule has 3 aliphatic rings. The van der Waals surface area contributed by atoms with Crippen LogP contribution in [0.1, 0.15) is 32.1 Å². The maximum atomic E-state index is 6.14. The standard InChI is InChI=1S/C24H32N4O3/c1-29-21-10-6-5-9-17(21)18-11-12-25-24(27-18)28-20-15-31-22-19(14-30-23(20)22)26-13-16-7-3-2-4-8-16/h5-6,9-12,16,19-20,22-23,26H,2-4,7-8,13-15H2,1H3,(H,25,27,28). The Balaban J connectivity index is 1.21. The predicted octanol–water partition coefficient (Wildman–Crippen LogP) is 3.27. The third-order valence-corrected chi connectivity index (χ3v) is 6.80. The van der Waals surface area contributed by atoms with Crippen molar-refractivity contribution in [3.8, 4) is 17.0 Å². The lowest BCUT2D eigenvalue weighted by Crippen LogP contribution is -2.44. The SMILES string of the molecule is COc1ccccc1-c1ccnc(NC2COC3C(NCC4CCCCC4)COC23)n1. The lowest BCUT2D eigenvalue weighted by atomic mass is 9.89. The fourth-order valence-corrected chi connectivity index (χ4v) is 5.11. The van der Waals surface area contributed by atoms with Crippen molar-refractivity contribution in [2.24, 2.45) is 5.92 Å². The van der Waals surface area contributed by atoms with Gasteiger partial charge in [-0.3, -0.25) is 0 Å². The summed E-state index contributed by atoms with van der Waals surface area (Å²) < 4.78 is 17.8. The lowest BCUT2D eigenvalue weighted by Gasteiger charge is -2.25. The second kappa shape index (κ2) is 9.51. The number of aromatic nitrogens is 2. The third-order valence-electron chi connectivity index (χ3n) is 6.80. The van der Waals surface area contributed by atoms with Gasteiger partial charge in [0.05, 0.1) is 38.1 Å². The normalized spacial score (nSPS) is 28.4. The molecule has 0 amide bonds. The van der Waals surface area contributed by atoms with E-state index in [0.717, 1.165) is 29.5 Å². The van der Waals surface area contributed by atoms with Crippen LogP contribution in [0, 0.1) is 5.92 Å². The first kappa shape index (κ1) is 20.7. The molecule has 1 aliphatic carbocycles. The maximum Gasteiger partial charge on any atom is 0.223 e. The predicted molar refractivity (Wildman–Crippen MR) is 119 cm³/mol. The highest BCUT2D eigenvalue weighted by molar-refractivity contribution is 5.67. The Bertz CT molecular complexity index is 873. The summed E-state index contributed by atoms with van der Waals surface area (Å²) >= 11 is 0. The van der Waals surface area contributed by atoms with E-state index in [1.165, 1.54) is 32.1 Å². The molecule has 0 radical (unpaired) electrons. The average Bonchev–Trinajstić information content (AvgIpc) is 3.41. The van der Waals surface area contributed by atoms with Crippen molar-refractivity contribution in [3.63, 3.8) is 0 Å². The van der Waals surface area contributed by atoms with Crippen LogP contribution in [0.5, 0.6) is 5.75 Å². The molecule has 4 unspecified atom stereocenters. The van der Waals surface area contributed by atoms with Crippen molar-refractivity contribution in [1.29, 1.82) is 0 Å². The number of nitrogens with zero attached hydrogens (tertiary/aromatic N) is 2. The summed E-state index contributed by atoms with van der Waals surface area (Å²) in [6.07, 6.45) is 8.70. The molecule has 2 aromatic rings. The molecule has 2 N–H and O–H groups in total. The van der Waals surface area contributed by atoms with E-state index in [4.69, 9.17) is 19.2 Å². The molecule has 7 heteroatoms. The Morgan fingerprint density at radius 1 is 1.00 bits per heavy atom. The second-order valence-electron chi connectivity index (χ2n) is 8.83. The van der Waals surface area contributed by atoms with Crippen LogP contribution in [0.15, 0.2) is 36.5 Å². The van der Waals surface area contributed by atoms with Gasteiger partial charge in [-0.25, -0.2) is 9.97 Å². The highest BCUT2D eigenvalue weighted by Crippen LogP contribution is 2.31. The van der Waals surface area contributed by atoms with E-state index >= 15 is 0 Å². The van der Waals surface area contributed by atoms with E-state index in [0.29, 0.717) is 19.2 Å². The molecule has 5 rings (SSSR count). The van der Waals surface area contributed by atoms with Crippen LogP contribution in [-0.4, -0.2) is 61.1 Å². The van der Waals surface area contributed by atoms with Crippen molar-refractivity contribution < 1.29 is 14.2 Å². The molecule has 2 saturated heterocycles. The molecule has 166 valence electrons. The smallest absolute Gasteiger partial charge is 0.223 e. The van der Waals surface area contributed by atoms with Crippen LogP contribution in [0.2, 0.25) is 0 Å². The number of fused-ring (bicyclic) bond motifs is 1. The summed E-state index contributed by atoms with van der Waals surface area (Å²) in [7, 11) is 1.67. The monoisotopic (exact) mass is 424 g/mol. The van der Waals surface area contributed by atoms with Gasteiger partial charge in [-0.1, -0.05) is 31.4 Å². The average molecular weight is 425 g/mol. The molecular weight excluding hydrogens is 392 g/mol. The first-order valence-electron chi connectivity index (χ1n) is 11.5. The summed E-state index contributed by atoms with van der Waals surface area (Å²) in [5, 5.41) is 7.17. The highest BCUT2D eigenvalue weighted by Gasteiger charge is 2.47. The number of rotatable bonds is 7. The van der Waals surface area contributed by atoms with Gasteiger partial charge in [0.25, 0.3) is 0 Å². The molecule has 7 nitrogen and oxygen atoms in total. The minimum Gasteiger partial charge on any atom is -0.496 e. The summed E-state index contributed by atoms with van der Waals surface area (Å²) in [6.45, 7) is 2.37. The van der Waals surface area contributed by atoms with Crippen LogP contribution < -0.4 is 15.4 Å². The van der Waals surface area contributed by atoms with Gasteiger partial charge in [-0.2, -0.15) is 0 Å². The zero-order valence-corrected chi connectivity index (χ0v) is 18.1. The molecule has 1 aromatic carbocycles. The Labute approximate surface area is 183 Å². The Morgan fingerprint density at radius 2 is 1.77 bits per heavy atom. The Morgan fingerprint density at radius 3 is 2.61 bits per heavy atom. The van der Waals surface area contributed by atoms with E-state index < -0.39 is 0 Å². The quantitative estimate of drug-likeness (QED) is 0.706. The van der Waals surface area contributed by atoms with Gasteiger partial charge >= 0.3 is 0 Å². The number of anilines is 1. The first-order valence-corrected chi connectivity index (χ1v) is 11.5. The van der Waals surface area contributed by atoms with Gasteiger partial charge in [0.1, 0.15) is 18.0 Å². The van der Waals surface area contributed by atoms with Crippen molar-refractivity contribution in [1.82, 2.24) is 15.3 Å². The number of methoxy groups -OCH3 is 1. The van der Waals surface area contributed by atoms with Crippen LogP contribution in [0.25, 0.3) is 11.3 Å². The third kappa shape index (κ3) is 4.54. The maximum absolute atomic E-state index is 6.14. The molecule has 31 heavy (non-hydrogen) atoms. The molecule has 3 fully saturated rings. The number of hydrogen-bond acceptors (Lipinski definition) is 7. The molecule has 0 spiro atoms. The largest absolute Gasteiger partial charge is 0.496 e. The van der Waals surface area contributed by atoms with Gasteiger partial charge in [0, 0.05) is 11.8 Å². The van der Waals surface area contributed by atoms with Crippen LogP contribution in [-0.2, 0) is 9.47 Å². The fourth-order valence-electron chi connectivity index (χ4n) is 5.11. The van der Waals surface area contributed by atoms with E-state index in [2.05, 4.69) is 15.6 Å². The topological polar surface area (TPSA) is 77.5 Å². The van der Waals surface area contributed by atoms with Crippen LogP contribution >= 0.6 is 0 Å². The van der Waals surface area contributed by atoms with Crippen molar-refractivity contribution in [2.75, 3.05) is 32.2 Å². The molecule has 4 atom stereocenters. The van der Waals surface area contributed by atoms with Gasteiger partial charge in [-0.05, 0) is 43.5 Å². The van der Waals surface area contributed by atoms with Gasteiger partial charge < -0.3 is 24.8 Å². The molecule has 1 saturated carbocycles. The van der Waals surface area contributed by atoms with E-state index in [1.807, 2.05) is 30.3 Å². The number of nitrogens with one attached hydrogen (secondary N) is 2. The van der Waals surface area contributed by atoms with Gasteiger partial charge in [0.15, 0.2) is 0 Å². The molecule has 0 bridgehead atoms. The second-order valence-corrected chi connectivity index (χ2v) is 8.83. The zero-order valence-electron chi connectivity index (χ0n) is 18.1. The van der Waals surface area contributed by atoms with Gasteiger partial charge in [-0.15, -0.1) is 0 Å². The van der Waals surface area contributed by atoms with Crippen molar-refractivity contribution >= 4 is 5.95 Å². The Hall–Kier alpha value is -2.22. The molecule has 3 heterocycles. The molecule has 1 aromatic heterocycles. The summed E-state index contributed by atoms with van der Waals surface area (Å²) in [6, 6.07) is 10.1. The number of ether oxygens (including phenoxy) is 3. The first-order chi connectivity index (χ1) is 15.3. The van der Waals surface area contributed by atoms with Crippen molar-refractivity contribution in [3.05, 3.63) is 36.5 Å². The van der Waals surface area contributed by atoms with Crippen LogP contribution in [0.3, 0.4) is 0 Å². The highest BCUT2D eigenvalue weighted by atomic mass is 16.6. The van der Waals surface area contributed by atoms with E-state index in [1.54, 1.807) is 13.3 Å². The van der Waals surface area contributed by atoms with Crippen molar-refractivity contribution in [2.45, 2.75) is 56.4 Å². The number of para-hydroxylation sites is 1. The van der Waals surface area contributed by atoms with E-state index in [9.17, 15) is 0 Å². The zero-order chi connectivity index (χ0) is 21.0. The molecular formula is C24H32N4O3. The molecule has 2 aliphatic heterocycles. The van der Waals surface area contributed by atoms with E-state index in [-0.39, 0.29) is 24.3 Å². The van der Waals surface area contributed by atoms with Crippen LogP contribution in [0.4, 0.5) is 5.95 Å². The summed E-state index contributed by atoms with van der Waals surface area (Å²) in [5.41, 5.74) is 1.77. The minimum atomic E-state index is 0.0161. The number of benzene rings is 1. The lowest BCUT2D eigenvalue weighted by molar-refractivity contribution is 0.0671. The Kier molecular flexibility index (Phi) is 6.34. The number of hydrogen-bond donors (Lipinski definition) is 2. The minimum absolute atomic E-state index is 0.0161.